The van der Waals surface area contributed by atoms with Gasteiger partial charge in [0.1, 0.15) is 22.6 Å². The molecule has 0 aliphatic rings. The number of rotatable bonds is 10. The molecule has 0 fully saturated rings. The molecule has 4 aromatic rings. The molecule has 0 N–H and O–H groups in total. The van der Waals surface area contributed by atoms with Crippen LogP contribution in [-0.2, 0) is 12.2 Å². The fourth-order valence-electron chi connectivity index (χ4n) is 3.51. The van der Waals surface area contributed by atoms with Crippen molar-refractivity contribution in [2.45, 2.75) is 26.1 Å². The van der Waals surface area contributed by atoms with Crippen molar-refractivity contribution in [3.05, 3.63) is 118 Å². The molecule has 0 bridgehead atoms. The van der Waals surface area contributed by atoms with Gasteiger partial charge in [-0.25, -0.2) is 8.78 Å². The van der Waals surface area contributed by atoms with Gasteiger partial charge in [-0.2, -0.15) is 26.3 Å². The molecule has 0 aliphatic heterocycles. The molecule has 0 atom stereocenters. The molecule has 4 nitrogen and oxygen atoms in total. The third-order valence-corrected chi connectivity index (χ3v) is 5.68. The quantitative estimate of drug-likeness (QED) is 0.138. The molecule has 0 amide bonds. The van der Waals surface area contributed by atoms with Crippen LogP contribution >= 0.6 is 0 Å². The number of hydrogen-bond donors (Lipinski definition) is 0. The molecule has 0 spiro atoms. The van der Waals surface area contributed by atoms with Crippen molar-refractivity contribution in [3.8, 4) is 23.0 Å². The Morgan fingerprint density at radius 2 is 0.829 bits per heavy atom. The SMILES string of the molecule is Cc1ccc(OC(F)(F)c2ccc(OCOc3ccc(C(F)(F)Oc4ccc(C)cc4)c(F)c3F)c(F)c2F)cc1. The van der Waals surface area contributed by atoms with Gasteiger partial charge in [-0.1, -0.05) is 35.4 Å². The maximum Gasteiger partial charge on any atom is 0.429 e. The van der Waals surface area contributed by atoms with Crippen molar-refractivity contribution in [2.24, 2.45) is 0 Å². The van der Waals surface area contributed by atoms with E-state index in [2.05, 4.69) is 9.47 Å². The van der Waals surface area contributed by atoms with Crippen molar-refractivity contribution in [3.63, 3.8) is 0 Å². The van der Waals surface area contributed by atoms with Gasteiger partial charge in [-0.05, 0) is 62.4 Å². The standard InChI is InChI=1S/C29H20F8O4/c1-16-3-7-18(8-4-16)40-28(34,35)20-11-13-22(26(32)24(20)30)38-15-39-23-14-12-21(25(31)27(23)33)29(36,37)41-19-9-5-17(2)6-10-19/h3-14H,15H2,1-2H3. The van der Waals surface area contributed by atoms with Crippen molar-refractivity contribution in [1.82, 2.24) is 0 Å². The summed E-state index contributed by atoms with van der Waals surface area (Å²) in [5.41, 5.74) is -1.35. The molecule has 12 heteroatoms. The van der Waals surface area contributed by atoms with Crippen molar-refractivity contribution in [1.29, 1.82) is 0 Å². The van der Waals surface area contributed by atoms with Crippen LogP contribution < -0.4 is 18.9 Å². The summed E-state index contributed by atoms with van der Waals surface area (Å²) < 4.78 is 134. The normalized spacial score (nSPS) is 11.8. The molecule has 0 saturated heterocycles. The third-order valence-electron chi connectivity index (χ3n) is 5.68. The molecular weight excluding hydrogens is 564 g/mol. The number of halogens is 8. The molecule has 0 aliphatic carbocycles. The lowest BCUT2D eigenvalue weighted by Crippen LogP contribution is -2.24. The molecule has 0 saturated carbocycles. The van der Waals surface area contributed by atoms with Crippen LogP contribution in [0.3, 0.4) is 0 Å². The van der Waals surface area contributed by atoms with Gasteiger partial charge >= 0.3 is 12.2 Å². The average molecular weight is 584 g/mol. The fourth-order valence-corrected chi connectivity index (χ4v) is 3.51. The highest BCUT2D eigenvalue weighted by atomic mass is 19.3. The smallest absolute Gasteiger partial charge is 0.429 e. The molecule has 0 aromatic heterocycles. The highest BCUT2D eigenvalue weighted by molar-refractivity contribution is 5.36. The second-order valence-corrected chi connectivity index (χ2v) is 8.75. The van der Waals surface area contributed by atoms with Crippen LogP contribution in [0.15, 0.2) is 72.8 Å². The van der Waals surface area contributed by atoms with E-state index in [0.29, 0.717) is 24.3 Å². The molecule has 0 radical (unpaired) electrons. The Labute approximate surface area is 228 Å². The highest BCUT2D eigenvalue weighted by Crippen LogP contribution is 2.38. The second-order valence-electron chi connectivity index (χ2n) is 8.75. The Morgan fingerprint density at radius 1 is 0.488 bits per heavy atom. The maximum atomic E-state index is 14.5. The van der Waals surface area contributed by atoms with Crippen molar-refractivity contribution < 1.29 is 54.1 Å². The fraction of sp³-hybridized carbons (Fsp3) is 0.172. The van der Waals surface area contributed by atoms with Gasteiger partial charge < -0.3 is 18.9 Å². The Morgan fingerprint density at radius 3 is 1.17 bits per heavy atom. The number of benzene rings is 4. The average Bonchev–Trinajstić information content (AvgIpc) is 2.91. The minimum atomic E-state index is -4.26. The van der Waals surface area contributed by atoms with Gasteiger partial charge in [-0.3, -0.25) is 0 Å². The van der Waals surface area contributed by atoms with E-state index in [9.17, 15) is 35.1 Å². The summed E-state index contributed by atoms with van der Waals surface area (Å²) >= 11 is 0. The first-order chi connectivity index (χ1) is 19.3. The number of aryl methyl sites for hydroxylation is 2. The lowest BCUT2D eigenvalue weighted by atomic mass is 10.1. The first-order valence-electron chi connectivity index (χ1n) is 11.8. The number of hydrogen-bond acceptors (Lipinski definition) is 4. The van der Waals surface area contributed by atoms with Gasteiger partial charge in [0.15, 0.2) is 23.1 Å². The summed E-state index contributed by atoms with van der Waals surface area (Å²) in [6.07, 6.45) is -8.52. The zero-order valence-corrected chi connectivity index (χ0v) is 21.3. The first kappa shape index (κ1) is 29.5. The zero-order valence-electron chi connectivity index (χ0n) is 21.3. The van der Waals surface area contributed by atoms with Crippen LogP contribution in [0.1, 0.15) is 22.3 Å². The summed E-state index contributed by atoms with van der Waals surface area (Å²) in [7, 11) is 0. The molecule has 41 heavy (non-hydrogen) atoms. The minimum absolute atomic E-state index is 0.297. The van der Waals surface area contributed by atoms with Gasteiger partial charge in [0.25, 0.3) is 0 Å². The summed E-state index contributed by atoms with van der Waals surface area (Å²) in [5.74, 6) is -10.1. The van der Waals surface area contributed by atoms with E-state index in [1.54, 1.807) is 13.8 Å². The van der Waals surface area contributed by atoms with E-state index < -0.39 is 64.9 Å². The largest absolute Gasteiger partial charge is 0.454 e. The van der Waals surface area contributed by atoms with Gasteiger partial charge in [0.2, 0.25) is 18.4 Å². The molecule has 4 aromatic carbocycles. The zero-order chi connectivity index (χ0) is 29.9. The molecule has 0 unspecified atom stereocenters. The summed E-state index contributed by atoms with van der Waals surface area (Å²) in [6.45, 7) is 2.35. The maximum absolute atomic E-state index is 14.5. The summed E-state index contributed by atoms with van der Waals surface area (Å²) in [5, 5.41) is 0. The highest BCUT2D eigenvalue weighted by Gasteiger charge is 2.41. The van der Waals surface area contributed by atoms with Crippen LogP contribution in [0.4, 0.5) is 35.1 Å². The predicted octanol–water partition coefficient (Wildman–Crippen LogP) is 8.53. The van der Waals surface area contributed by atoms with Crippen LogP contribution in [0.25, 0.3) is 0 Å². The van der Waals surface area contributed by atoms with Gasteiger partial charge in [0.05, 0.1) is 0 Å². The minimum Gasteiger partial charge on any atom is -0.454 e. The van der Waals surface area contributed by atoms with E-state index >= 15 is 0 Å². The lowest BCUT2D eigenvalue weighted by molar-refractivity contribution is -0.188. The lowest BCUT2D eigenvalue weighted by Gasteiger charge is -2.20. The number of alkyl halides is 4. The summed E-state index contributed by atoms with van der Waals surface area (Å²) in [4.78, 5) is 0. The van der Waals surface area contributed by atoms with E-state index in [-0.39, 0.29) is 11.5 Å². The summed E-state index contributed by atoms with van der Waals surface area (Å²) in [6, 6.07) is 13.1. The van der Waals surface area contributed by atoms with Crippen molar-refractivity contribution in [2.75, 3.05) is 6.79 Å². The monoisotopic (exact) mass is 584 g/mol. The molecule has 4 rings (SSSR count). The van der Waals surface area contributed by atoms with Gasteiger partial charge in [-0.15, -0.1) is 0 Å². The topological polar surface area (TPSA) is 36.9 Å². The second kappa shape index (κ2) is 11.6. The van der Waals surface area contributed by atoms with Crippen molar-refractivity contribution >= 4 is 0 Å². The Bertz CT molecular complexity index is 1410. The van der Waals surface area contributed by atoms with E-state index in [4.69, 9.17) is 9.47 Å². The van der Waals surface area contributed by atoms with Crippen LogP contribution in [0.2, 0.25) is 0 Å². The van der Waals surface area contributed by atoms with Crippen LogP contribution in [0, 0.1) is 37.1 Å². The molecule has 0 heterocycles. The first-order valence-corrected chi connectivity index (χ1v) is 11.8. The third kappa shape index (κ3) is 6.64. The Kier molecular flexibility index (Phi) is 8.32. The van der Waals surface area contributed by atoms with Gasteiger partial charge in [0, 0.05) is 0 Å². The van der Waals surface area contributed by atoms with Crippen LogP contribution in [0.5, 0.6) is 23.0 Å². The Hall–Kier alpha value is -4.48. The van der Waals surface area contributed by atoms with E-state index in [1.165, 1.54) is 48.5 Å². The molecule has 216 valence electrons. The van der Waals surface area contributed by atoms with E-state index in [0.717, 1.165) is 11.1 Å². The van der Waals surface area contributed by atoms with E-state index in [1.807, 2.05) is 0 Å². The molecular formula is C29H20F8O4. The predicted molar refractivity (Wildman–Crippen MR) is 130 cm³/mol. The number of ether oxygens (including phenoxy) is 4. The van der Waals surface area contributed by atoms with Crippen LogP contribution in [-0.4, -0.2) is 6.79 Å². The Balaban J connectivity index is 1.43.